The van der Waals surface area contributed by atoms with Crippen molar-refractivity contribution in [3.05, 3.63) is 29.8 Å². The van der Waals surface area contributed by atoms with Crippen molar-refractivity contribution >= 4 is 42.3 Å². The molecule has 4 N–H and O–H groups in total. The molecule has 2 rings (SSSR count). The van der Waals surface area contributed by atoms with Gasteiger partial charge in [-0.15, -0.1) is 24.8 Å². The van der Waals surface area contributed by atoms with Crippen molar-refractivity contribution < 1.29 is 9.59 Å². The average Bonchev–Trinajstić information content (AvgIpc) is 2.60. The zero-order valence-electron chi connectivity index (χ0n) is 16.1. The number of rotatable bonds is 7. The number of likely N-dealkylation sites (tertiary alicyclic amines) is 1. The van der Waals surface area contributed by atoms with Crippen molar-refractivity contribution in [1.29, 1.82) is 0 Å². The standard InChI is InChI=1S/C19H30N4O2.2ClH/c1-14(2)18(20)19(25)21-12-17(24)22-16-8-6-7-15(11-16)13-23-9-4-3-5-10-23;;/h6-8,11,14,18H,3-5,9-10,12-13,20H2,1-2H3,(H,21,25)(H,22,24);2*1H/t18-;;/m0../s1. The van der Waals surface area contributed by atoms with E-state index in [2.05, 4.69) is 21.6 Å². The summed E-state index contributed by atoms with van der Waals surface area (Å²) in [5.74, 6) is -0.516. The first-order valence-electron chi connectivity index (χ1n) is 9.10. The zero-order chi connectivity index (χ0) is 18.2. The van der Waals surface area contributed by atoms with Gasteiger partial charge in [0.05, 0.1) is 12.6 Å². The monoisotopic (exact) mass is 418 g/mol. The lowest BCUT2D eigenvalue weighted by atomic mass is 10.1. The summed E-state index contributed by atoms with van der Waals surface area (Å²) >= 11 is 0. The molecule has 1 heterocycles. The highest BCUT2D eigenvalue weighted by molar-refractivity contribution is 5.95. The third kappa shape index (κ3) is 8.93. The molecule has 1 aromatic carbocycles. The van der Waals surface area contributed by atoms with Crippen molar-refractivity contribution in [2.45, 2.75) is 45.7 Å². The Balaban J connectivity index is 0.00000338. The number of hydrogen-bond acceptors (Lipinski definition) is 4. The molecule has 6 nitrogen and oxygen atoms in total. The molecular weight excluding hydrogens is 387 g/mol. The van der Waals surface area contributed by atoms with E-state index in [1.165, 1.54) is 24.8 Å². The minimum absolute atomic E-state index is 0. The molecule has 0 aromatic heterocycles. The van der Waals surface area contributed by atoms with E-state index in [9.17, 15) is 9.59 Å². The number of piperidine rings is 1. The fourth-order valence-electron chi connectivity index (χ4n) is 2.92. The summed E-state index contributed by atoms with van der Waals surface area (Å²) < 4.78 is 0. The molecule has 154 valence electrons. The maximum absolute atomic E-state index is 12.0. The second-order valence-electron chi connectivity index (χ2n) is 7.07. The summed E-state index contributed by atoms with van der Waals surface area (Å²) in [6.07, 6.45) is 3.84. The van der Waals surface area contributed by atoms with E-state index < -0.39 is 6.04 Å². The van der Waals surface area contributed by atoms with Gasteiger partial charge >= 0.3 is 0 Å². The molecule has 2 amide bonds. The topological polar surface area (TPSA) is 87.5 Å². The summed E-state index contributed by atoms with van der Waals surface area (Å²) in [6, 6.07) is 7.28. The van der Waals surface area contributed by atoms with E-state index in [0.717, 1.165) is 25.3 Å². The smallest absolute Gasteiger partial charge is 0.243 e. The highest BCUT2D eigenvalue weighted by Gasteiger charge is 2.17. The Bertz CT molecular complexity index is 593. The van der Waals surface area contributed by atoms with Gasteiger partial charge in [0.15, 0.2) is 0 Å². The summed E-state index contributed by atoms with van der Waals surface area (Å²) in [5.41, 5.74) is 7.70. The lowest BCUT2D eigenvalue weighted by Crippen LogP contribution is -2.46. The third-order valence-electron chi connectivity index (χ3n) is 4.51. The van der Waals surface area contributed by atoms with Crippen LogP contribution in [-0.2, 0) is 16.1 Å². The molecule has 1 aliphatic rings. The number of nitrogens with two attached hydrogens (primary N) is 1. The summed E-state index contributed by atoms with van der Waals surface area (Å²) in [5, 5.41) is 5.41. The van der Waals surface area contributed by atoms with Crippen LogP contribution in [0.3, 0.4) is 0 Å². The molecule has 1 atom stereocenters. The van der Waals surface area contributed by atoms with Crippen LogP contribution in [0.5, 0.6) is 0 Å². The molecule has 0 unspecified atom stereocenters. The Kier molecular flexibility index (Phi) is 12.3. The molecule has 1 aliphatic heterocycles. The summed E-state index contributed by atoms with van der Waals surface area (Å²) in [6.45, 7) is 6.85. The first kappa shape index (κ1) is 25.7. The number of carbonyl (C=O) groups is 2. The van der Waals surface area contributed by atoms with Gasteiger partial charge in [-0.2, -0.15) is 0 Å². The molecule has 0 bridgehead atoms. The molecule has 0 aliphatic carbocycles. The van der Waals surface area contributed by atoms with E-state index in [1.807, 2.05) is 32.0 Å². The highest BCUT2D eigenvalue weighted by Crippen LogP contribution is 2.16. The molecule has 1 saturated heterocycles. The van der Waals surface area contributed by atoms with Crippen LogP contribution in [0.15, 0.2) is 24.3 Å². The van der Waals surface area contributed by atoms with Crippen LogP contribution in [0.1, 0.15) is 38.7 Å². The Morgan fingerprint density at radius 3 is 2.44 bits per heavy atom. The van der Waals surface area contributed by atoms with E-state index in [1.54, 1.807) is 0 Å². The molecule has 1 fully saturated rings. The van der Waals surface area contributed by atoms with Gasteiger partial charge in [0.1, 0.15) is 0 Å². The third-order valence-corrected chi connectivity index (χ3v) is 4.51. The van der Waals surface area contributed by atoms with Crippen LogP contribution in [0.25, 0.3) is 0 Å². The van der Waals surface area contributed by atoms with Gasteiger partial charge in [-0.1, -0.05) is 32.4 Å². The predicted molar refractivity (Wildman–Crippen MR) is 115 cm³/mol. The Morgan fingerprint density at radius 1 is 1.15 bits per heavy atom. The number of carbonyl (C=O) groups excluding carboxylic acids is 2. The number of benzene rings is 1. The van der Waals surface area contributed by atoms with E-state index in [4.69, 9.17) is 5.73 Å². The fraction of sp³-hybridized carbons (Fsp3) is 0.579. The molecule has 0 spiro atoms. The minimum Gasteiger partial charge on any atom is -0.346 e. The lowest BCUT2D eigenvalue weighted by Gasteiger charge is -2.26. The van der Waals surface area contributed by atoms with Crippen molar-refractivity contribution in [2.24, 2.45) is 11.7 Å². The number of anilines is 1. The van der Waals surface area contributed by atoms with Crippen LogP contribution in [0, 0.1) is 5.92 Å². The van der Waals surface area contributed by atoms with Gasteiger partial charge in [-0.05, 0) is 49.5 Å². The summed E-state index contributed by atoms with van der Waals surface area (Å²) in [4.78, 5) is 26.3. The average molecular weight is 419 g/mol. The number of halogens is 2. The Hall–Kier alpha value is -1.34. The fourth-order valence-corrected chi connectivity index (χ4v) is 2.92. The van der Waals surface area contributed by atoms with Gasteiger partial charge in [-0.25, -0.2) is 0 Å². The molecular formula is C19H32Cl2N4O2. The van der Waals surface area contributed by atoms with E-state index in [-0.39, 0.29) is 49.1 Å². The maximum atomic E-state index is 12.0. The van der Waals surface area contributed by atoms with Crippen molar-refractivity contribution in [1.82, 2.24) is 10.2 Å². The molecule has 27 heavy (non-hydrogen) atoms. The number of hydrogen-bond donors (Lipinski definition) is 3. The van der Waals surface area contributed by atoms with Gasteiger partial charge in [-0.3, -0.25) is 14.5 Å². The summed E-state index contributed by atoms with van der Waals surface area (Å²) in [7, 11) is 0. The second kappa shape index (κ2) is 12.9. The Labute approximate surface area is 174 Å². The molecule has 8 heteroatoms. The van der Waals surface area contributed by atoms with E-state index in [0.29, 0.717) is 0 Å². The Morgan fingerprint density at radius 2 is 1.81 bits per heavy atom. The highest BCUT2D eigenvalue weighted by atomic mass is 35.5. The van der Waals surface area contributed by atoms with Gasteiger partial charge in [0, 0.05) is 12.2 Å². The van der Waals surface area contributed by atoms with Crippen LogP contribution in [-0.4, -0.2) is 42.4 Å². The second-order valence-corrected chi connectivity index (χ2v) is 7.07. The van der Waals surface area contributed by atoms with Crippen LogP contribution in [0.4, 0.5) is 5.69 Å². The molecule has 0 radical (unpaired) electrons. The van der Waals surface area contributed by atoms with Crippen LogP contribution < -0.4 is 16.4 Å². The lowest BCUT2D eigenvalue weighted by molar-refractivity contribution is -0.125. The zero-order valence-corrected chi connectivity index (χ0v) is 17.7. The van der Waals surface area contributed by atoms with E-state index >= 15 is 0 Å². The quantitative estimate of drug-likeness (QED) is 0.634. The minimum atomic E-state index is -0.597. The largest absolute Gasteiger partial charge is 0.346 e. The maximum Gasteiger partial charge on any atom is 0.243 e. The molecule has 0 saturated carbocycles. The number of nitrogens with zero attached hydrogens (tertiary/aromatic N) is 1. The molecule has 1 aromatic rings. The normalized spacial score (nSPS) is 15.3. The van der Waals surface area contributed by atoms with Crippen molar-refractivity contribution in [2.75, 3.05) is 25.0 Å². The number of nitrogens with one attached hydrogen (secondary N) is 2. The predicted octanol–water partition coefficient (Wildman–Crippen LogP) is 2.55. The first-order chi connectivity index (χ1) is 12.0. The van der Waals surface area contributed by atoms with Crippen LogP contribution in [0.2, 0.25) is 0 Å². The SMILES string of the molecule is CC(C)[C@H](N)C(=O)NCC(=O)Nc1cccc(CN2CCCCC2)c1.Cl.Cl. The van der Waals surface area contributed by atoms with Gasteiger partial charge in [0.25, 0.3) is 0 Å². The first-order valence-corrected chi connectivity index (χ1v) is 9.10. The van der Waals surface area contributed by atoms with Crippen LogP contribution >= 0.6 is 24.8 Å². The van der Waals surface area contributed by atoms with Crippen molar-refractivity contribution in [3.8, 4) is 0 Å². The number of amides is 2. The van der Waals surface area contributed by atoms with Gasteiger partial charge < -0.3 is 16.4 Å². The van der Waals surface area contributed by atoms with Crippen molar-refractivity contribution in [3.63, 3.8) is 0 Å². The van der Waals surface area contributed by atoms with Gasteiger partial charge in [0.2, 0.25) is 11.8 Å².